The van der Waals surface area contributed by atoms with E-state index in [1.165, 1.54) is 0 Å². The molecule has 1 aromatic rings. The molecule has 38 heavy (non-hydrogen) atoms. The molecule has 3 amide bonds. The highest BCUT2D eigenvalue weighted by Gasteiger charge is 2.71. The first-order chi connectivity index (χ1) is 18.2. The number of halogens is 1. The number of hydrogen-bond acceptors (Lipinski definition) is 5. The number of rotatable bonds is 7. The Labute approximate surface area is 233 Å². The monoisotopic (exact) mass is 557 g/mol. The van der Waals surface area contributed by atoms with Gasteiger partial charge in [-0.1, -0.05) is 56.7 Å². The molecule has 5 rings (SSSR count). The van der Waals surface area contributed by atoms with Crippen LogP contribution in [0.5, 0.6) is 0 Å². The molecule has 2 saturated heterocycles. The molecule has 4 aliphatic rings. The third-order valence-corrected chi connectivity index (χ3v) is 10.2. The third kappa shape index (κ3) is 4.38. The van der Waals surface area contributed by atoms with Gasteiger partial charge in [0, 0.05) is 35.6 Å². The number of aliphatic hydroxyl groups is 1. The summed E-state index contributed by atoms with van der Waals surface area (Å²) in [4.78, 5) is 48.0. The Morgan fingerprint density at radius 3 is 2.47 bits per heavy atom. The minimum Gasteiger partial charge on any atom is -0.394 e. The van der Waals surface area contributed by atoms with Gasteiger partial charge in [-0.05, 0) is 43.0 Å². The Bertz CT molecular complexity index is 1150. The molecule has 1 aromatic carbocycles. The molecule has 6 atom stereocenters. The van der Waals surface area contributed by atoms with Crippen molar-refractivity contribution in [2.24, 2.45) is 17.8 Å². The number of benzene rings is 1. The second-order valence-corrected chi connectivity index (χ2v) is 13.0. The lowest BCUT2D eigenvalue weighted by molar-refractivity contribution is -0.144. The summed E-state index contributed by atoms with van der Waals surface area (Å²) in [7, 11) is 0. The lowest BCUT2D eigenvalue weighted by Crippen LogP contribution is -2.57. The second kappa shape index (κ2) is 10.7. The fourth-order valence-electron chi connectivity index (χ4n) is 6.67. The Morgan fingerprint density at radius 2 is 1.82 bits per heavy atom. The number of carbonyl (C=O) groups is 3. The van der Waals surface area contributed by atoms with Gasteiger partial charge < -0.3 is 19.8 Å². The van der Waals surface area contributed by atoms with Crippen molar-refractivity contribution in [1.29, 1.82) is 0 Å². The van der Waals surface area contributed by atoms with E-state index in [0.29, 0.717) is 36.8 Å². The molecule has 2 fully saturated rings. The first kappa shape index (κ1) is 27.3. The molecule has 0 aromatic heterocycles. The molecule has 4 aliphatic heterocycles. The molecular formula is C29H36ClN3O4S. The van der Waals surface area contributed by atoms with Crippen molar-refractivity contribution < 1.29 is 19.5 Å². The van der Waals surface area contributed by atoms with Gasteiger partial charge in [-0.2, -0.15) is 0 Å². The van der Waals surface area contributed by atoms with E-state index in [0.717, 1.165) is 6.42 Å². The predicted molar refractivity (Wildman–Crippen MR) is 151 cm³/mol. The molecule has 1 spiro atoms. The molecule has 0 radical (unpaired) electrons. The SMILES string of the molecule is CCCN1CC=C[C@H]2S[C@]34C=CCN(c5ccc(Cl)cc5)C(=O)C3N([C@@H](CO)CC(C)C)C(=O)[C@@H]4[C@H]2C1=O. The first-order valence-corrected chi connectivity index (χ1v) is 14.8. The summed E-state index contributed by atoms with van der Waals surface area (Å²) in [6, 6.07) is 5.77. The van der Waals surface area contributed by atoms with Gasteiger partial charge in [0.1, 0.15) is 6.04 Å². The minimum atomic E-state index is -0.899. The van der Waals surface area contributed by atoms with Crippen LogP contribution < -0.4 is 4.90 Å². The van der Waals surface area contributed by atoms with Crippen LogP contribution in [0.3, 0.4) is 0 Å². The van der Waals surface area contributed by atoms with Gasteiger partial charge in [0.2, 0.25) is 11.8 Å². The van der Waals surface area contributed by atoms with E-state index >= 15 is 0 Å². The Hall–Kier alpha value is -2.29. The Kier molecular flexibility index (Phi) is 7.68. The van der Waals surface area contributed by atoms with Crippen molar-refractivity contribution in [1.82, 2.24) is 9.80 Å². The van der Waals surface area contributed by atoms with E-state index in [9.17, 15) is 19.5 Å². The van der Waals surface area contributed by atoms with Crippen molar-refractivity contribution in [3.63, 3.8) is 0 Å². The van der Waals surface area contributed by atoms with Gasteiger partial charge in [0.15, 0.2) is 0 Å². The number of aliphatic hydroxyl groups excluding tert-OH is 1. The largest absolute Gasteiger partial charge is 0.394 e. The summed E-state index contributed by atoms with van der Waals surface area (Å²) < 4.78 is -0.899. The highest BCUT2D eigenvalue weighted by Crippen LogP contribution is 2.61. The van der Waals surface area contributed by atoms with E-state index in [2.05, 4.69) is 6.08 Å². The molecule has 1 unspecified atom stereocenters. The normalized spacial score (nSPS) is 31.4. The summed E-state index contributed by atoms with van der Waals surface area (Å²) in [6.07, 6.45) is 9.46. The maximum atomic E-state index is 14.5. The summed E-state index contributed by atoms with van der Waals surface area (Å²) in [5.74, 6) is -1.43. The predicted octanol–water partition coefficient (Wildman–Crippen LogP) is 3.76. The van der Waals surface area contributed by atoms with Crippen LogP contribution in [0.1, 0.15) is 33.6 Å². The molecule has 7 nitrogen and oxygen atoms in total. The molecule has 9 heteroatoms. The maximum Gasteiger partial charge on any atom is 0.251 e. The first-order valence-electron chi connectivity index (χ1n) is 13.5. The van der Waals surface area contributed by atoms with E-state index < -0.39 is 28.7 Å². The standard InChI is InChI=1S/C29H36ClN3O4S/c1-4-13-31-14-5-7-22-23(26(31)35)24-27(36)33(21(17-34)16-18(2)3)25-28(37)32(15-6-12-29(24,25)38-22)20-10-8-19(30)9-11-20/h5-12,18,21-25,34H,4,13-17H2,1-3H3/t21-,22-,23+,24+,25?,29+/m1/s1. The number of nitrogens with zero attached hydrogens (tertiary/aromatic N) is 3. The minimum absolute atomic E-state index is 0.0192. The number of likely N-dealkylation sites (tertiary alicyclic amines) is 1. The molecule has 0 bridgehead atoms. The lowest BCUT2D eigenvalue weighted by Gasteiger charge is -2.39. The van der Waals surface area contributed by atoms with E-state index in [1.54, 1.807) is 33.7 Å². The number of amides is 3. The maximum absolute atomic E-state index is 14.5. The quantitative estimate of drug-likeness (QED) is 0.516. The third-order valence-electron chi connectivity index (χ3n) is 8.16. The van der Waals surface area contributed by atoms with Crippen LogP contribution in [-0.2, 0) is 14.4 Å². The highest BCUT2D eigenvalue weighted by atomic mass is 35.5. The molecule has 0 aliphatic carbocycles. The lowest BCUT2D eigenvalue weighted by atomic mass is 9.78. The molecule has 0 saturated carbocycles. The summed E-state index contributed by atoms with van der Waals surface area (Å²) in [5.41, 5.74) is 0.698. The Balaban J connectivity index is 1.63. The zero-order valence-corrected chi connectivity index (χ0v) is 23.7. The number of anilines is 1. The topological polar surface area (TPSA) is 81.2 Å². The van der Waals surface area contributed by atoms with Crippen LogP contribution in [0.4, 0.5) is 5.69 Å². The number of hydrogen-bond donors (Lipinski definition) is 1. The van der Waals surface area contributed by atoms with Crippen molar-refractivity contribution in [2.75, 3.05) is 31.1 Å². The van der Waals surface area contributed by atoms with E-state index in [1.807, 2.05) is 56.0 Å². The van der Waals surface area contributed by atoms with Gasteiger partial charge >= 0.3 is 0 Å². The summed E-state index contributed by atoms with van der Waals surface area (Å²) in [6.45, 7) is 7.40. The van der Waals surface area contributed by atoms with Crippen LogP contribution in [0, 0.1) is 17.8 Å². The van der Waals surface area contributed by atoms with Crippen LogP contribution >= 0.6 is 23.4 Å². The smallest absolute Gasteiger partial charge is 0.251 e. The van der Waals surface area contributed by atoms with Crippen molar-refractivity contribution in [3.05, 3.63) is 53.6 Å². The molecule has 1 N–H and O–H groups in total. The van der Waals surface area contributed by atoms with Gasteiger partial charge in [-0.25, -0.2) is 0 Å². The van der Waals surface area contributed by atoms with E-state index in [-0.39, 0.29) is 35.5 Å². The van der Waals surface area contributed by atoms with Crippen LogP contribution in [0.15, 0.2) is 48.6 Å². The van der Waals surface area contributed by atoms with Gasteiger partial charge in [-0.3, -0.25) is 14.4 Å². The second-order valence-electron chi connectivity index (χ2n) is 11.1. The average molecular weight is 558 g/mol. The molecular weight excluding hydrogens is 522 g/mol. The number of fused-ring (bicyclic) bond motifs is 2. The van der Waals surface area contributed by atoms with E-state index in [4.69, 9.17) is 11.6 Å². The fraction of sp³-hybridized carbons (Fsp3) is 0.552. The molecule has 4 heterocycles. The van der Waals surface area contributed by atoms with Gasteiger partial charge in [-0.15, -0.1) is 11.8 Å². The zero-order chi connectivity index (χ0) is 27.2. The average Bonchev–Trinajstić information content (AvgIpc) is 3.21. The zero-order valence-electron chi connectivity index (χ0n) is 22.1. The van der Waals surface area contributed by atoms with Crippen LogP contribution in [0.25, 0.3) is 0 Å². The van der Waals surface area contributed by atoms with Crippen molar-refractivity contribution in [3.8, 4) is 0 Å². The van der Waals surface area contributed by atoms with Gasteiger partial charge in [0.25, 0.3) is 5.91 Å². The van der Waals surface area contributed by atoms with Crippen LogP contribution in [-0.4, -0.2) is 80.9 Å². The van der Waals surface area contributed by atoms with Crippen molar-refractivity contribution in [2.45, 2.75) is 55.7 Å². The highest BCUT2D eigenvalue weighted by molar-refractivity contribution is 8.02. The van der Waals surface area contributed by atoms with Crippen LogP contribution in [0.2, 0.25) is 5.02 Å². The summed E-state index contributed by atoms with van der Waals surface area (Å²) >= 11 is 7.69. The van der Waals surface area contributed by atoms with Crippen molar-refractivity contribution >= 4 is 46.8 Å². The number of carbonyl (C=O) groups excluding carboxylic acids is 3. The van der Waals surface area contributed by atoms with Gasteiger partial charge in [0.05, 0.1) is 29.2 Å². The number of thioether (sulfide) groups is 1. The fourth-order valence-corrected chi connectivity index (χ4v) is 8.79. The Morgan fingerprint density at radius 1 is 1.08 bits per heavy atom. The summed E-state index contributed by atoms with van der Waals surface area (Å²) in [5, 5.41) is 10.9. The molecule has 204 valence electrons.